The van der Waals surface area contributed by atoms with E-state index in [-0.39, 0.29) is 11.3 Å². The first-order valence-electron chi connectivity index (χ1n) is 13.8. The molecule has 0 unspecified atom stereocenters. The van der Waals surface area contributed by atoms with Crippen LogP contribution in [0.1, 0.15) is 104 Å². The summed E-state index contributed by atoms with van der Waals surface area (Å²) >= 11 is 0. The molecule has 31 heavy (non-hydrogen) atoms. The van der Waals surface area contributed by atoms with Gasteiger partial charge in [0.05, 0.1) is 5.60 Å². The van der Waals surface area contributed by atoms with Gasteiger partial charge in [-0.2, -0.15) is 0 Å². The second kappa shape index (κ2) is 8.33. The summed E-state index contributed by atoms with van der Waals surface area (Å²) in [5, 5.41) is 10.6. The predicted molar refractivity (Wildman–Crippen MR) is 125 cm³/mol. The molecule has 0 aliphatic heterocycles. The minimum absolute atomic E-state index is 0.228. The van der Waals surface area contributed by atoms with Crippen molar-refractivity contribution >= 4 is 5.91 Å². The van der Waals surface area contributed by atoms with Gasteiger partial charge in [-0.1, -0.05) is 26.2 Å². The standard InChI is InChI=1S/C28H47NO2/c1-27(31)15-13-21-20(17-27)9-10-23-22(21)14-16-28(2)24(23)11-12-25(28)26(30)29(3)18-19-7-5-4-6-8-19/h19-25,31H,4-18H2,1-3H3/t20-,21+,22-,23-,24+,25-,27-,28+/m1/s1. The molecular formula is C28H47NO2. The zero-order valence-electron chi connectivity index (χ0n) is 20.5. The van der Waals surface area contributed by atoms with Crippen LogP contribution in [0, 0.1) is 46.8 Å². The highest BCUT2D eigenvalue weighted by molar-refractivity contribution is 5.80. The third kappa shape index (κ3) is 4.00. The van der Waals surface area contributed by atoms with Gasteiger partial charge in [-0.15, -0.1) is 0 Å². The van der Waals surface area contributed by atoms with Gasteiger partial charge in [0.15, 0.2) is 0 Å². The topological polar surface area (TPSA) is 40.5 Å². The first kappa shape index (κ1) is 22.2. The first-order chi connectivity index (χ1) is 14.8. The molecular weight excluding hydrogens is 382 g/mol. The molecule has 0 aromatic heterocycles. The molecule has 1 amide bonds. The minimum atomic E-state index is -0.426. The van der Waals surface area contributed by atoms with Crippen molar-refractivity contribution in [2.75, 3.05) is 13.6 Å². The summed E-state index contributed by atoms with van der Waals surface area (Å²) in [5.74, 6) is 5.51. The smallest absolute Gasteiger partial charge is 0.225 e. The second-order valence-corrected chi connectivity index (χ2v) is 13.1. The number of carbonyl (C=O) groups excluding carboxylic acids is 1. The maximum Gasteiger partial charge on any atom is 0.225 e. The second-order valence-electron chi connectivity index (χ2n) is 13.1. The maximum absolute atomic E-state index is 13.6. The molecule has 8 atom stereocenters. The molecule has 5 rings (SSSR count). The Hall–Kier alpha value is -0.570. The maximum atomic E-state index is 13.6. The summed E-state index contributed by atoms with van der Waals surface area (Å²) in [7, 11) is 2.10. The van der Waals surface area contributed by atoms with E-state index in [1.165, 1.54) is 70.6 Å². The van der Waals surface area contributed by atoms with Crippen LogP contribution in [0.3, 0.4) is 0 Å². The van der Waals surface area contributed by atoms with Crippen molar-refractivity contribution in [3.8, 4) is 0 Å². The number of hydrogen-bond acceptors (Lipinski definition) is 2. The fraction of sp³-hybridized carbons (Fsp3) is 0.964. The quantitative estimate of drug-likeness (QED) is 0.594. The summed E-state index contributed by atoms with van der Waals surface area (Å²) in [4.78, 5) is 15.8. The Morgan fingerprint density at radius 2 is 1.61 bits per heavy atom. The van der Waals surface area contributed by atoms with Crippen LogP contribution in [0.2, 0.25) is 0 Å². The average molecular weight is 430 g/mol. The highest BCUT2D eigenvalue weighted by atomic mass is 16.3. The Bertz CT molecular complexity index is 668. The van der Waals surface area contributed by atoms with Crippen LogP contribution in [0.4, 0.5) is 0 Å². The summed E-state index contributed by atoms with van der Waals surface area (Å²) < 4.78 is 0. The number of fused-ring (bicyclic) bond motifs is 5. The van der Waals surface area contributed by atoms with Crippen molar-refractivity contribution in [3.05, 3.63) is 0 Å². The van der Waals surface area contributed by atoms with Gasteiger partial charge >= 0.3 is 0 Å². The molecule has 0 heterocycles. The van der Waals surface area contributed by atoms with E-state index in [9.17, 15) is 9.90 Å². The van der Waals surface area contributed by atoms with Crippen LogP contribution >= 0.6 is 0 Å². The Morgan fingerprint density at radius 3 is 2.39 bits per heavy atom. The van der Waals surface area contributed by atoms with Gasteiger partial charge in [0.2, 0.25) is 5.91 Å². The van der Waals surface area contributed by atoms with E-state index in [2.05, 4.69) is 25.8 Å². The lowest BCUT2D eigenvalue weighted by Gasteiger charge is -2.57. The molecule has 0 radical (unpaired) electrons. The first-order valence-corrected chi connectivity index (χ1v) is 13.8. The van der Waals surface area contributed by atoms with Crippen LogP contribution in [-0.4, -0.2) is 35.1 Å². The fourth-order valence-corrected chi connectivity index (χ4v) is 9.60. The van der Waals surface area contributed by atoms with Crippen molar-refractivity contribution in [1.29, 1.82) is 0 Å². The third-order valence-electron chi connectivity index (χ3n) is 11.2. The molecule has 0 aromatic carbocycles. The van der Waals surface area contributed by atoms with Gasteiger partial charge in [-0.05, 0) is 118 Å². The lowest BCUT2D eigenvalue weighted by molar-refractivity contribution is -0.143. The molecule has 5 aliphatic rings. The summed E-state index contributed by atoms with van der Waals surface area (Å²) in [6.07, 6.45) is 17.6. The molecule has 5 saturated carbocycles. The van der Waals surface area contributed by atoms with Crippen molar-refractivity contribution in [1.82, 2.24) is 4.90 Å². The zero-order valence-corrected chi connectivity index (χ0v) is 20.5. The van der Waals surface area contributed by atoms with Crippen LogP contribution in [0.25, 0.3) is 0 Å². The van der Waals surface area contributed by atoms with Crippen molar-refractivity contribution in [2.24, 2.45) is 46.8 Å². The Labute approximate surface area is 190 Å². The normalized spacial score (nSPS) is 47.9. The van der Waals surface area contributed by atoms with Gasteiger partial charge in [-0.25, -0.2) is 0 Å². The van der Waals surface area contributed by atoms with E-state index in [0.717, 1.165) is 61.3 Å². The van der Waals surface area contributed by atoms with Crippen molar-refractivity contribution in [2.45, 2.75) is 109 Å². The average Bonchev–Trinajstić information content (AvgIpc) is 3.10. The van der Waals surface area contributed by atoms with Gasteiger partial charge in [-0.3, -0.25) is 4.79 Å². The van der Waals surface area contributed by atoms with E-state index in [1.54, 1.807) is 0 Å². The SMILES string of the molecule is CN(CC1CCCCC1)C(=O)[C@H]1CC[C@H]2[C@@H]3CC[C@@H]4C[C@](C)(O)CC[C@@H]4[C@H]3CC[C@]12C. The van der Waals surface area contributed by atoms with Gasteiger partial charge < -0.3 is 10.0 Å². The zero-order chi connectivity index (χ0) is 21.8. The summed E-state index contributed by atoms with van der Waals surface area (Å²) in [6.45, 7) is 5.55. The van der Waals surface area contributed by atoms with E-state index in [0.29, 0.717) is 5.91 Å². The molecule has 0 spiro atoms. The lowest BCUT2D eigenvalue weighted by atomic mass is 9.49. The third-order valence-corrected chi connectivity index (χ3v) is 11.2. The van der Waals surface area contributed by atoms with Crippen molar-refractivity contribution in [3.63, 3.8) is 0 Å². The number of carbonyl (C=O) groups is 1. The molecule has 0 aromatic rings. The van der Waals surface area contributed by atoms with E-state index < -0.39 is 5.60 Å². The van der Waals surface area contributed by atoms with Gasteiger partial charge in [0.25, 0.3) is 0 Å². The molecule has 5 aliphatic carbocycles. The lowest BCUT2D eigenvalue weighted by Crippen LogP contribution is -2.52. The molecule has 1 N–H and O–H groups in total. The van der Waals surface area contributed by atoms with Crippen molar-refractivity contribution < 1.29 is 9.90 Å². The molecule has 0 bridgehead atoms. The largest absolute Gasteiger partial charge is 0.390 e. The van der Waals surface area contributed by atoms with Crippen LogP contribution in [-0.2, 0) is 4.79 Å². The van der Waals surface area contributed by atoms with Gasteiger partial charge in [0, 0.05) is 19.5 Å². The Kier molecular flexibility index (Phi) is 5.98. The molecule has 0 saturated heterocycles. The number of hydrogen-bond donors (Lipinski definition) is 1. The minimum Gasteiger partial charge on any atom is -0.390 e. The van der Waals surface area contributed by atoms with Crippen LogP contribution in [0.5, 0.6) is 0 Å². The summed E-state index contributed by atoms with van der Waals surface area (Å²) in [6, 6.07) is 0. The molecule has 3 heteroatoms. The van der Waals surface area contributed by atoms with Crippen LogP contribution in [0.15, 0.2) is 0 Å². The Balaban J connectivity index is 1.26. The number of amides is 1. The van der Waals surface area contributed by atoms with Crippen LogP contribution < -0.4 is 0 Å². The molecule has 176 valence electrons. The van der Waals surface area contributed by atoms with E-state index in [4.69, 9.17) is 0 Å². The highest BCUT2D eigenvalue weighted by Crippen LogP contribution is 2.64. The number of aliphatic hydroxyl groups is 1. The number of nitrogens with zero attached hydrogens (tertiary/aromatic N) is 1. The van der Waals surface area contributed by atoms with Gasteiger partial charge in [0.1, 0.15) is 0 Å². The summed E-state index contributed by atoms with van der Waals surface area (Å²) in [5.41, 5.74) is -0.197. The fourth-order valence-electron chi connectivity index (χ4n) is 9.60. The molecule has 3 nitrogen and oxygen atoms in total. The monoisotopic (exact) mass is 429 g/mol. The van der Waals surface area contributed by atoms with E-state index in [1.807, 2.05) is 0 Å². The number of rotatable bonds is 3. The highest BCUT2D eigenvalue weighted by Gasteiger charge is 2.59. The predicted octanol–water partition coefficient (Wildman–Crippen LogP) is 6.04. The van der Waals surface area contributed by atoms with E-state index >= 15 is 0 Å². The molecule has 5 fully saturated rings. The Morgan fingerprint density at radius 1 is 0.871 bits per heavy atom.